The minimum Gasteiger partial charge on any atom is -0.451 e. The number of ether oxygens (including phenoxy) is 1. The summed E-state index contributed by atoms with van der Waals surface area (Å²) in [7, 11) is 0. The molecule has 0 saturated heterocycles. The summed E-state index contributed by atoms with van der Waals surface area (Å²) in [5, 5.41) is 3.23. The molecule has 2 aromatic carbocycles. The molecule has 0 spiro atoms. The van der Waals surface area contributed by atoms with Crippen molar-refractivity contribution in [3.63, 3.8) is 0 Å². The third-order valence-electron chi connectivity index (χ3n) is 3.44. The van der Waals surface area contributed by atoms with Crippen LogP contribution in [0.1, 0.15) is 24.0 Å². The summed E-state index contributed by atoms with van der Waals surface area (Å²) in [4.78, 5) is 0. The van der Waals surface area contributed by atoms with E-state index in [4.69, 9.17) is 4.74 Å². The van der Waals surface area contributed by atoms with Crippen LogP contribution in [0.3, 0.4) is 0 Å². The molecule has 1 N–H and O–H groups in total. The number of benzene rings is 2. The topological polar surface area (TPSA) is 21.3 Å². The van der Waals surface area contributed by atoms with E-state index in [1.54, 1.807) is 18.2 Å². The molecule has 0 bridgehead atoms. The molecule has 1 aliphatic rings. The molecule has 0 atom stereocenters. The highest BCUT2D eigenvalue weighted by Gasteiger charge is 2.21. The molecular formula is C17H17F2NO. The molecule has 2 aromatic rings. The Morgan fingerprint density at radius 1 is 1.14 bits per heavy atom. The van der Waals surface area contributed by atoms with Crippen molar-refractivity contribution in [2.24, 2.45) is 0 Å². The molecule has 21 heavy (non-hydrogen) atoms. The van der Waals surface area contributed by atoms with Gasteiger partial charge < -0.3 is 10.1 Å². The van der Waals surface area contributed by atoms with Crippen molar-refractivity contribution in [1.82, 2.24) is 5.32 Å². The molecule has 2 nitrogen and oxygen atoms in total. The van der Waals surface area contributed by atoms with E-state index in [9.17, 15) is 8.78 Å². The van der Waals surface area contributed by atoms with Crippen LogP contribution in [0.4, 0.5) is 8.78 Å². The summed E-state index contributed by atoms with van der Waals surface area (Å²) in [6.45, 7) is 2.37. The Hall–Kier alpha value is -1.94. The molecule has 0 heterocycles. The largest absolute Gasteiger partial charge is 0.451 e. The highest BCUT2D eigenvalue weighted by Crippen LogP contribution is 2.29. The standard InChI is InChI=1S/C17H17F2NO/c1-11-3-2-4-14(7-11)21-17-15(18)8-12(9-16(17)19)10-20-13-5-6-13/h2-4,7-9,13,20H,5-6,10H2,1H3. The molecule has 0 unspecified atom stereocenters. The van der Waals surface area contributed by atoms with Crippen molar-refractivity contribution in [2.45, 2.75) is 32.4 Å². The van der Waals surface area contributed by atoms with Crippen LogP contribution in [0.5, 0.6) is 11.5 Å². The molecule has 1 aliphatic carbocycles. The van der Waals surface area contributed by atoms with E-state index in [2.05, 4.69) is 5.32 Å². The first-order chi connectivity index (χ1) is 10.1. The number of hydrogen-bond acceptors (Lipinski definition) is 2. The number of hydrogen-bond donors (Lipinski definition) is 1. The zero-order valence-electron chi connectivity index (χ0n) is 11.8. The van der Waals surface area contributed by atoms with Gasteiger partial charge in [0.25, 0.3) is 0 Å². The van der Waals surface area contributed by atoms with E-state index in [1.807, 2.05) is 13.0 Å². The van der Waals surface area contributed by atoms with Gasteiger partial charge in [-0.3, -0.25) is 0 Å². The smallest absolute Gasteiger partial charge is 0.198 e. The average molecular weight is 289 g/mol. The van der Waals surface area contributed by atoms with Crippen LogP contribution in [-0.2, 0) is 6.54 Å². The molecule has 1 fully saturated rings. The van der Waals surface area contributed by atoms with Crippen LogP contribution in [-0.4, -0.2) is 6.04 Å². The molecule has 1 saturated carbocycles. The van der Waals surface area contributed by atoms with E-state index in [1.165, 1.54) is 12.1 Å². The molecule has 0 amide bonds. The van der Waals surface area contributed by atoms with Gasteiger partial charge in [0.15, 0.2) is 17.4 Å². The first-order valence-electron chi connectivity index (χ1n) is 7.07. The fourth-order valence-corrected chi connectivity index (χ4v) is 2.16. The van der Waals surface area contributed by atoms with Gasteiger partial charge in [-0.05, 0) is 55.2 Å². The molecular weight excluding hydrogens is 272 g/mol. The fraction of sp³-hybridized carbons (Fsp3) is 0.294. The summed E-state index contributed by atoms with van der Waals surface area (Å²) in [5.41, 5.74) is 1.56. The highest BCUT2D eigenvalue weighted by molar-refractivity contribution is 5.37. The number of halogens is 2. The molecule has 110 valence electrons. The van der Waals surface area contributed by atoms with Crippen LogP contribution in [0.25, 0.3) is 0 Å². The number of nitrogens with one attached hydrogen (secondary N) is 1. The van der Waals surface area contributed by atoms with E-state index < -0.39 is 11.6 Å². The Kier molecular flexibility index (Phi) is 3.88. The van der Waals surface area contributed by atoms with Crippen LogP contribution in [0.2, 0.25) is 0 Å². The average Bonchev–Trinajstić information content (AvgIpc) is 3.25. The first kappa shape index (κ1) is 14.0. The van der Waals surface area contributed by atoms with Gasteiger partial charge in [-0.15, -0.1) is 0 Å². The monoisotopic (exact) mass is 289 g/mol. The Balaban J connectivity index is 1.78. The van der Waals surface area contributed by atoms with Gasteiger partial charge in [0, 0.05) is 12.6 Å². The van der Waals surface area contributed by atoms with E-state index >= 15 is 0 Å². The molecule has 0 aromatic heterocycles. The Labute approximate surface area is 122 Å². The van der Waals surface area contributed by atoms with Gasteiger partial charge in [0.1, 0.15) is 5.75 Å². The Bertz CT molecular complexity index is 630. The molecule has 4 heteroatoms. The van der Waals surface area contributed by atoms with Crippen molar-refractivity contribution in [2.75, 3.05) is 0 Å². The predicted molar refractivity (Wildman–Crippen MR) is 77.5 cm³/mol. The van der Waals surface area contributed by atoms with Gasteiger partial charge in [-0.25, -0.2) is 8.78 Å². The van der Waals surface area contributed by atoms with Crippen molar-refractivity contribution in [3.8, 4) is 11.5 Å². The van der Waals surface area contributed by atoms with Crippen LogP contribution >= 0.6 is 0 Å². The number of rotatable bonds is 5. The van der Waals surface area contributed by atoms with Crippen LogP contribution < -0.4 is 10.1 Å². The number of aryl methyl sites for hydroxylation is 1. The summed E-state index contributed by atoms with van der Waals surface area (Å²) >= 11 is 0. The van der Waals surface area contributed by atoms with Crippen LogP contribution in [0.15, 0.2) is 36.4 Å². The lowest BCUT2D eigenvalue weighted by Gasteiger charge is -2.11. The fourth-order valence-electron chi connectivity index (χ4n) is 2.16. The summed E-state index contributed by atoms with van der Waals surface area (Å²) in [6, 6.07) is 10.2. The van der Waals surface area contributed by atoms with E-state index in [-0.39, 0.29) is 5.75 Å². The minimum absolute atomic E-state index is 0.351. The summed E-state index contributed by atoms with van der Waals surface area (Å²) in [6.07, 6.45) is 2.28. The lowest BCUT2D eigenvalue weighted by Crippen LogP contribution is -2.15. The van der Waals surface area contributed by atoms with Gasteiger partial charge >= 0.3 is 0 Å². The quantitative estimate of drug-likeness (QED) is 0.885. The lowest BCUT2D eigenvalue weighted by molar-refractivity contribution is 0.406. The van der Waals surface area contributed by atoms with Crippen molar-refractivity contribution in [1.29, 1.82) is 0 Å². The summed E-state index contributed by atoms with van der Waals surface area (Å²) < 4.78 is 33.4. The van der Waals surface area contributed by atoms with E-state index in [0.29, 0.717) is 23.9 Å². The lowest BCUT2D eigenvalue weighted by atomic mass is 10.2. The predicted octanol–water partition coefficient (Wildman–Crippen LogP) is 4.32. The second kappa shape index (κ2) is 5.82. The Morgan fingerprint density at radius 3 is 2.48 bits per heavy atom. The van der Waals surface area contributed by atoms with Gasteiger partial charge in [-0.2, -0.15) is 0 Å². The third-order valence-corrected chi connectivity index (χ3v) is 3.44. The third kappa shape index (κ3) is 3.58. The van der Waals surface area contributed by atoms with Crippen molar-refractivity contribution < 1.29 is 13.5 Å². The molecule has 0 radical (unpaired) electrons. The Morgan fingerprint density at radius 2 is 1.86 bits per heavy atom. The van der Waals surface area contributed by atoms with Gasteiger partial charge in [-0.1, -0.05) is 12.1 Å². The molecule has 3 rings (SSSR count). The molecule has 0 aliphatic heterocycles. The SMILES string of the molecule is Cc1cccc(Oc2c(F)cc(CNC3CC3)cc2F)c1. The first-order valence-corrected chi connectivity index (χ1v) is 7.07. The maximum Gasteiger partial charge on any atom is 0.198 e. The van der Waals surface area contributed by atoms with Gasteiger partial charge in [0.05, 0.1) is 0 Å². The highest BCUT2D eigenvalue weighted by atomic mass is 19.1. The summed E-state index contributed by atoms with van der Waals surface area (Å²) in [5.74, 6) is -1.28. The van der Waals surface area contributed by atoms with Crippen LogP contribution in [0, 0.1) is 18.6 Å². The normalized spacial score (nSPS) is 14.2. The van der Waals surface area contributed by atoms with Gasteiger partial charge in [0.2, 0.25) is 0 Å². The zero-order valence-corrected chi connectivity index (χ0v) is 11.8. The van der Waals surface area contributed by atoms with Crippen molar-refractivity contribution >= 4 is 0 Å². The second-order valence-electron chi connectivity index (χ2n) is 5.46. The maximum absolute atomic E-state index is 14.0. The maximum atomic E-state index is 14.0. The van der Waals surface area contributed by atoms with Crippen molar-refractivity contribution in [3.05, 3.63) is 59.2 Å². The zero-order chi connectivity index (χ0) is 14.8. The minimum atomic E-state index is -0.677. The van der Waals surface area contributed by atoms with E-state index in [0.717, 1.165) is 18.4 Å². The second-order valence-corrected chi connectivity index (χ2v) is 5.46.